The highest BCUT2D eigenvalue weighted by atomic mass is 32.1. The van der Waals surface area contributed by atoms with Gasteiger partial charge in [0.15, 0.2) is 5.01 Å². The van der Waals surface area contributed by atoms with Crippen LogP contribution in [0.15, 0.2) is 78.2 Å². The predicted molar refractivity (Wildman–Crippen MR) is 154 cm³/mol. The van der Waals surface area contributed by atoms with Crippen molar-refractivity contribution in [1.29, 1.82) is 0 Å². The van der Waals surface area contributed by atoms with Crippen LogP contribution in [0.25, 0.3) is 11.4 Å². The van der Waals surface area contributed by atoms with Gasteiger partial charge in [0.1, 0.15) is 5.75 Å². The number of methoxy groups -OCH3 is 1. The average molecular weight is 547 g/mol. The summed E-state index contributed by atoms with van der Waals surface area (Å²) in [4.78, 5) is 19.1. The molecule has 1 saturated carbocycles. The van der Waals surface area contributed by atoms with E-state index in [9.17, 15) is 4.79 Å². The summed E-state index contributed by atoms with van der Waals surface area (Å²) in [6, 6.07) is 22.4. The number of aromatic nitrogens is 5. The van der Waals surface area contributed by atoms with Crippen molar-refractivity contribution < 1.29 is 9.53 Å². The molecule has 6 rings (SSSR count). The summed E-state index contributed by atoms with van der Waals surface area (Å²) in [5.41, 5.74) is 4.98. The summed E-state index contributed by atoms with van der Waals surface area (Å²) in [5.74, 6) is 8.00. The van der Waals surface area contributed by atoms with Gasteiger partial charge in [-0.1, -0.05) is 30.5 Å². The number of anilines is 1. The lowest BCUT2D eigenvalue weighted by atomic mass is 9.83. The normalized spacial score (nSPS) is 12.7. The Kier molecular flexibility index (Phi) is 7.33. The molecule has 1 amide bonds. The van der Waals surface area contributed by atoms with E-state index in [-0.39, 0.29) is 5.91 Å². The van der Waals surface area contributed by atoms with Crippen molar-refractivity contribution in [2.75, 3.05) is 12.4 Å². The number of hydrogen-bond acceptors (Lipinski definition) is 7. The fourth-order valence-electron chi connectivity index (χ4n) is 4.32. The Morgan fingerprint density at radius 1 is 1.07 bits per heavy atom. The number of rotatable bonds is 7. The van der Waals surface area contributed by atoms with E-state index in [1.54, 1.807) is 35.4 Å². The number of ether oxygens (including phenoxy) is 1. The van der Waals surface area contributed by atoms with Crippen LogP contribution >= 0.6 is 11.3 Å². The summed E-state index contributed by atoms with van der Waals surface area (Å²) < 4.78 is 5.20. The van der Waals surface area contributed by atoms with Gasteiger partial charge in [-0.25, -0.2) is 4.98 Å². The highest BCUT2D eigenvalue weighted by Gasteiger charge is 2.21. The van der Waals surface area contributed by atoms with Crippen molar-refractivity contribution in [2.45, 2.75) is 31.7 Å². The van der Waals surface area contributed by atoms with E-state index in [1.165, 1.54) is 19.3 Å². The van der Waals surface area contributed by atoms with Gasteiger partial charge in [-0.3, -0.25) is 4.79 Å². The number of amides is 1. The summed E-state index contributed by atoms with van der Waals surface area (Å²) in [6.45, 7) is 0.500. The summed E-state index contributed by atoms with van der Waals surface area (Å²) >= 11 is 1.58. The van der Waals surface area contributed by atoms with Gasteiger partial charge < -0.3 is 10.1 Å². The average Bonchev–Trinajstić information content (AvgIpc) is 3.62. The maximum absolute atomic E-state index is 12.9. The molecule has 0 saturated heterocycles. The predicted octanol–water partition coefficient (Wildman–Crippen LogP) is 5.77. The molecule has 0 bridgehead atoms. The van der Waals surface area contributed by atoms with E-state index in [0.29, 0.717) is 29.5 Å². The van der Waals surface area contributed by atoms with Crippen LogP contribution in [0.5, 0.6) is 5.75 Å². The molecule has 2 heterocycles. The second-order valence-corrected chi connectivity index (χ2v) is 10.4. The third-order valence-electron chi connectivity index (χ3n) is 6.82. The Morgan fingerprint density at radius 3 is 2.65 bits per heavy atom. The quantitative estimate of drug-likeness (QED) is 0.260. The van der Waals surface area contributed by atoms with Crippen molar-refractivity contribution in [1.82, 2.24) is 25.2 Å². The van der Waals surface area contributed by atoms with E-state index < -0.39 is 0 Å². The number of thiazole rings is 1. The van der Waals surface area contributed by atoms with E-state index in [0.717, 1.165) is 33.1 Å². The second kappa shape index (κ2) is 11.5. The standard InChI is InChI=1S/C31H26N6O2S/c1-39-27-15-8-22(9-16-27)19-37-35-30(34-36-37)24-11-13-26(14-12-24)32-31(38)25-7-2-4-21(18-25)10-17-29-33-28(20-40-29)23-5-3-6-23/h2,4,7-9,11-16,18,20,23H,3,5-6,19H2,1H3,(H,32,38). The van der Waals surface area contributed by atoms with Crippen molar-refractivity contribution >= 4 is 22.9 Å². The Hall–Kier alpha value is -4.81. The molecule has 40 heavy (non-hydrogen) atoms. The fraction of sp³-hybridized carbons (Fsp3) is 0.194. The zero-order chi connectivity index (χ0) is 27.3. The first kappa shape index (κ1) is 25.5. The monoisotopic (exact) mass is 546 g/mol. The first-order valence-corrected chi connectivity index (χ1v) is 13.9. The van der Waals surface area contributed by atoms with Gasteiger partial charge in [-0.2, -0.15) is 4.80 Å². The molecule has 5 aromatic rings. The Bertz CT molecular complexity index is 1690. The summed E-state index contributed by atoms with van der Waals surface area (Å²) in [7, 11) is 1.64. The molecule has 9 heteroatoms. The van der Waals surface area contributed by atoms with E-state index in [1.807, 2.05) is 60.7 Å². The lowest BCUT2D eigenvalue weighted by molar-refractivity contribution is 0.102. The maximum Gasteiger partial charge on any atom is 0.255 e. The minimum atomic E-state index is -0.207. The van der Waals surface area contributed by atoms with Crippen LogP contribution in [0.2, 0.25) is 0 Å². The molecule has 1 fully saturated rings. The van der Waals surface area contributed by atoms with Crippen LogP contribution in [0, 0.1) is 11.8 Å². The van der Waals surface area contributed by atoms with Gasteiger partial charge in [-0.15, -0.1) is 21.5 Å². The third-order valence-corrected chi connectivity index (χ3v) is 7.60. The summed E-state index contributed by atoms with van der Waals surface area (Å²) in [5, 5.41) is 18.7. The van der Waals surface area contributed by atoms with Crippen LogP contribution in [0.4, 0.5) is 5.69 Å². The smallest absolute Gasteiger partial charge is 0.255 e. The highest BCUT2D eigenvalue weighted by Crippen LogP contribution is 2.36. The molecule has 0 atom stereocenters. The number of nitrogens with one attached hydrogen (secondary N) is 1. The van der Waals surface area contributed by atoms with Crippen LogP contribution in [-0.2, 0) is 6.54 Å². The molecule has 1 aliphatic rings. The van der Waals surface area contributed by atoms with Crippen LogP contribution in [0.1, 0.15) is 57.4 Å². The molecule has 1 N–H and O–H groups in total. The number of carbonyl (C=O) groups is 1. The molecule has 198 valence electrons. The van der Waals surface area contributed by atoms with Gasteiger partial charge in [0.2, 0.25) is 5.82 Å². The van der Waals surface area contributed by atoms with Crippen LogP contribution < -0.4 is 10.1 Å². The molecular formula is C31H26N6O2S. The number of benzene rings is 3. The number of carbonyl (C=O) groups excluding carboxylic acids is 1. The Labute approximate surface area is 236 Å². The molecule has 3 aromatic carbocycles. The fourth-order valence-corrected chi connectivity index (χ4v) is 5.07. The lowest BCUT2D eigenvalue weighted by Crippen LogP contribution is -2.11. The molecule has 0 aliphatic heterocycles. The maximum atomic E-state index is 12.9. The zero-order valence-corrected chi connectivity index (χ0v) is 22.7. The van der Waals surface area contributed by atoms with E-state index >= 15 is 0 Å². The molecular weight excluding hydrogens is 520 g/mol. The minimum Gasteiger partial charge on any atom is -0.497 e. The second-order valence-electron chi connectivity index (χ2n) is 9.56. The van der Waals surface area contributed by atoms with E-state index in [2.05, 4.69) is 42.9 Å². The number of hydrogen-bond donors (Lipinski definition) is 1. The third kappa shape index (κ3) is 5.92. The van der Waals surface area contributed by atoms with Gasteiger partial charge in [-0.05, 0) is 84.1 Å². The Morgan fingerprint density at radius 2 is 1.90 bits per heavy atom. The Balaban J connectivity index is 1.07. The number of tetrazole rings is 1. The zero-order valence-electron chi connectivity index (χ0n) is 21.9. The molecule has 2 aromatic heterocycles. The van der Waals surface area contributed by atoms with Crippen molar-refractivity contribution in [3.63, 3.8) is 0 Å². The first-order valence-electron chi connectivity index (χ1n) is 13.0. The van der Waals surface area contributed by atoms with Crippen LogP contribution in [-0.4, -0.2) is 38.2 Å². The SMILES string of the molecule is COc1ccc(Cn2nnc(-c3ccc(NC(=O)c4cccc(C#Cc5nc(C6CCC6)cs5)c4)cc3)n2)cc1. The molecule has 0 spiro atoms. The highest BCUT2D eigenvalue weighted by molar-refractivity contribution is 7.10. The first-order chi connectivity index (χ1) is 19.6. The minimum absolute atomic E-state index is 0.207. The lowest BCUT2D eigenvalue weighted by Gasteiger charge is -2.22. The van der Waals surface area contributed by atoms with Crippen LogP contribution in [0.3, 0.4) is 0 Å². The van der Waals surface area contributed by atoms with Crippen molar-refractivity contribution in [3.8, 4) is 29.0 Å². The molecule has 0 radical (unpaired) electrons. The summed E-state index contributed by atoms with van der Waals surface area (Å²) in [6.07, 6.45) is 3.73. The van der Waals surface area contributed by atoms with Crippen molar-refractivity contribution in [2.24, 2.45) is 0 Å². The van der Waals surface area contributed by atoms with E-state index in [4.69, 9.17) is 4.74 Å². The van der Waals surface area contributed by atoms with Gasteiger partial charge >= 0.3 is 0 Å². The number of nitrogens with zero attached hydrogens (tertiary/aromatic N) is 5. The molecule has 8 nitrogen and oxygen atoms in total. The largest absolute Gasteiger partial charge is 0.497 e. The van der Waals surface area contributed by atoms with Gasteiger partial charge in [0, 0.05) is 33.7 Å². The van der Waals surface area contributed by atoms with Crippen molar-refractivity contribution in [3.05, 3.63) is 106 Å². The van der Waals surface area contributed by atoms with Gasteiger partial charge in [0.05, 0.1) is 19.3 Å². The topological polar surface area (TPSA) is 94.8 Å². The van der Waals surface area contributed by atoms with Gasteiger partial charge in [0.25, 0.3) is 5.91 Å². The molecule has 0 unspecified atom stereocenters. The molecule has 1 aliphatic carbocycles.